The standard InChI is InChI=1S/C16H17N2O2/c1-9(2)18-10(3)17(4)13-14(18)16(20)12-8-6-5-7-11(12)15(13)19/h5-9H,1-4H3/q+1. The Morgan fingerprint density at radius 1 is 1.05 bits per heavy atom. The number of rotatable bonds is 1. The van der Waals surface area contributed by atoms with Crippen LogP contribution in [-0.2, 0) is 7.05 Å². The normalized spacial score (nSPS) is 13.7. The molecule has 2 aromatic rings. The number of hydrogen-bond acceptors (Lipinski definition) is 2. The fourth-order valence-electron chi connectivity index (χ4n) is 3.00. The summed E-state index contributed by atoms with van der Waals surface area (Å²) in [5, 5.41) is 0. The minimum atomic E-state index is -0.0693. The average Bonchev–Trinajstić information content (AvgIpc) is 2.69. The Morgan fingerprint density at radius 2 is 1.60 bits per heavy atom. The maximum atomic E-state index is 12.8. The summed E-state index contributed by atoms with van der Waals surface area (Å²) in [6, 6.07) is 7.17. The minimum Gasteiger partial charge on any atom is -0.284 e. The third-order valence-electron chi connectivity index (χ3n) is 4.00. The van der Waals surface area contributed by atoms with E-state index in [9.17, 15) is 9.59 Å². The van der Waals surface area contributed by atoms with E-state index < -0.39 is 0 Å². The van der Waals surface area contributed by atoms with Crippen LogP contribution in [0.4, 0.5) is 0 Å². The largest absolute Gasteiger partial charge is 0.284 e. The van der Waals surface area contributed by atoms with Gasteiger partial charge in [0, 0.05) is 18.1 Å². The molecule has 1 aromatic heterocycles. The molecule has 1 aliphatic carbocycles. The summed E-state index contributed by atoms with van der Waals surface area (Å²) in [6.45, 7) is 5.97. The third kappa shape index (κ3) is 1.45. The molecule has 0 fully saturated rings. The first-order valence-electron chi connectivity index (χ1n) is 6.74. The summed E-state index contributed by atoms with van der Waals surface area (Å²) < 4.78 is 3.77. The van der Waals surface area contributed by atoms with Crippen molar-refractivity contribution in [3.8, 4) is 0 Å². The Kier molecular flexibility index (Phi) is 2.64. The van der Waals surface area contributed by atoms with E-state index in [1.165, 1.54) is 0 Å². The molecule has 102 valence electrons. The van der Waals surface area contributed by atoms with Crippen LogP contribution in [0.25, 0.3) is 0 Å². The molecule has 4 nitrogen and oxygen atoms in total. The van der Waals surface area contributed by atoms with E-state index in [0.717, 1.165) is 5.82 Å². The Hall–Kier alpha value is -2.23. The lowest BCUT2D eigenvalue weighted by atomic mass is 9.90. The summed E-state index contributed by atoms with van der Waals surface area (Å²) in [7, 11) is 1.84. The number of hydrogen-bond donors (Lipinski definition) is 0. The molecule has 0 spiro atoms. The van der Waals surface area contributed by atoms with Gasteiger partial charge in [-0.1, -0.05) is 24.3 Å². The number of carbonyl (C=O) groups is 2. The SMILES string of the molecule is Cc1n(C(C)C)c2c([n+]1C)C(=O)c1ccccc1C2=O. The lowest BCUT2D eigenvalue weighted by Gasteiger charge is -2.13. The lowest BCUT2D eigenvalue weighted by molar-refractivity contribution is -0.679. The van der Waals surface area contributed by atoms with E-state index in [-0.39, 0.29) is 17.6 Å². The number of imidazole rings is 1. The molecule has 0 amide bonds. The lowest BCUT2D eigenvalue weighted by Crippen LogP contribution is -2.39. The zero-order valence-corrected chi connectivity index (χ0v) is 12.1. The molecular weight excluding hydrogens is 252 g/mol. The van der Waals surface area contributed by atoms with Gasteiger partial charge in [-0.25, -0.2) is 9.13 Å². The molecule has 0 unspecified atom stereocenters. The molecule has 20 heavy (non-hydrogen) atoms. The van der Waals surface area contributed by atoms with Crippen molar-refractivity contribution < 1.29 is 14.2 Å². The Morgan fingerprint density at radius 3 is 2.15 bits per heavy atom. The molecule has 0 aliphatic heterocycles. The molecular formula is C16H17N2O2+. The highest BCUT2D eigenvalue weighted by Gasteiger charge is 2.42. The number of benzene rings is 1. The molecule has 0 saturated carbocycles. The van der Waals surface area contributed by atoms with E-state index >= 15 is 0 Å². The van der Waals surface area contributed by atoms with Gasteiger partial charge in [-0.3, -0.25) is 9.59 Å². The van der Waals surface area contributed by atoms with Crippen molar-refractivity contribution in [2.45, 2.75) is 26.8 Å². The highest BCUT2D eigenvalue weighted by atomic mass is 16.1. The third-order valence-corrected chi connectivity index (χ3v) is 4.00. The monoisotopic (exact) mass is 269 g/mol. The second-order valence-corrected chi connectivity index (χ2v) is 5.47. The van der Waals surface area contributed by atoms with E-state index in [0.29, 0.717) is 22.5 Å². The first kappa shape index (κ1) is 12.8. The van der Waals surface area contributed by atoms with Gasteiger partial charge in [-0.15, -0.1) is 0 Å². The van der Waals surface area contributed by atoms with Crippen molar-refractivity contribution in [3.05, 3.63) is 52.6 Å². The van der Waals surface area contributed by atoms with Crippen LogP contribution >= 0.6 is 0 Å². The van der Waals surface area contributed by atoms with Gasteiger partial charge in [0.1, 0.15) is 0 Å². The van der Waals surface area contributed by atoms with Crippen LogP contribution in [0.1, 0.15) is 57.8 Å². The topological polar surface area (TPSA) is 43.0 Å². The van der Waals surface area contributed by atoms with Crippen molar-refractivity contribution in [3.63, 3.8) is 0 Å². The van der Waals surface area contributed by atoms with Gasteiger partial charge in [0.15, 0.2) is 0 Å². The average molecular weight is 269 g/mol. The summed E-state index contributed by atoms with van der Waals surface area (Å²) in [4.78, 5) is 25.4. The second kappa shape index (κ2) is 4.13. The fraction of sp³-hybridized carbons (Fsp3) is 0.312. The zero-order valence-electron chi connectivity index (χ0n) is 12.1. The molecule has 1 aromatic carbocycles. The second-order valence-electron chi connectivity index (χ2n) is 5.47. The van der Waals surface area contributed by atoms with Crippen LogP contribution in [0, 0.1) is 6.92 Å². The van der Waals surface area contributed by atoms with Gasteiger partial charge in [0.25, 0.3) is 5.82 Å². The molecule has 0 atom stereocenters. The predicted molar refractivity (Wildman–Crippen MR) is 74.0 cm³/mol. The smallest absolute Gasteiger partial charge is 0.254 e. The Bertz CT molecular complexity index is 754. The highest BCUT2D eigenvalue weighted by molar-refractivity contribution is 6.26. The van der Waals surface area contributed by atoms with Gasteiger partial charge in [-0.05, 0) is 13.8 Å². The van der Waals surface area contributed by atoms with Crippen molar-refractivity contribution in [1.82, 2.24) is 4.57 Å². The molecule has 1 heterocycles. The fourth-order valence-corrected chi connectivity index (χ4v) is 3.00. The van der Waals surface area contributed by atoms with Gasteiger partial charge in [0.2, 0.25) is 23.0 Å². The molecule has 1 aliphatic rings. The van der Waals surface area contributed by atoms with Crippen LogP contribution < -0.4 is 4.57 Å². The molecule has 3 rings (SSSR count). The summed E-state index contributed by atoms with van der Waals surface area (Å²) >= 11 is 0. The van der Waals surface area contributed by atoms with E-state index in [2.05, 4.69) is 0 Å². The number of carbonyl (C=O) groups excluding carboxylic acids is 2. The maximum Gasteiger partial charge on any atom is 0.254 e. The summed E-state index contributed by atoms with van der Waals surface area (Å²) in [5.74, 6) is 0.785. The number of nitrogens with zero attached hydrogens (tertiary/aromatic N) is 2. The van der Waals surface area contributed by atoms with E-state index in [1.54, 1.807) is 24.3 Å². The van der Waals surface area contributed by atoms with Crippen molar-refractivity contribution in [2.75, 3.05) is 0 Å². The zero-order chi connectivity index (χ0) is 14.6. The van der Waals surface area contributed by atoms with E-state index in [1.807, 2.05) is 37.0 Å². The molecule has 0 saturated heterocycles. The Labute approximate surface area is 117 Å². The molecule has 0 radical (unpaired) electrons. The van der Waals surface area contributed by atoms with Gasteiger partial charge >= 0.3 is 0 Å². The number of fused-ring (bicyclic) bond motifs is 2. The predicted octanol–water partition coefficient (Wildman–Crippen LogP) is 1.98. The van der Waals surface area contributed by atoms with Crippen molar-refractivity contribution >= 4 is 11.6 Å². The van der Waals surface area contributed by atoms with Gasteiger partial charge in [-0.2, -0.15) is 0 Å². The number of ketones is 2. The summed E-state index contributed by atoms with van der Waals surface area (Å²) in [5.41, 5.74) is 2.02. The summed E-state index contributed by atoms with van der Waals surface area (Å²) in [6.07, 6.45) is 0. The van der Waals surface area contributed by atoms with Crippen molar-refractivity contribution in [2.24, 2.45) is 7.05 Å². The first-order chi connectivity index (χ1) is 9.45. The molecule has 4 heteroatoms. The van der Waals surface area contributed by atoms with Crippen LogP contribution in [0.5, 0.6) is 0 Å². The first-order valence-corrected chi connectivity index (χ1v) is 6.74. The minimum absolute atomic E-state index is 0.0624. The van der Waals surface area contributed by atoms with Crippen LogP contribution in [0.3, 0.4) is 0 Å². The van der Waals surface area contributed by atoms with Crippen LogP contribution in [-0.4, -0.2) is 16.1 Å². The number of aromatic nitrogens is 2. The quantitative estimate of drug-likeness (QED) is 0.634. The van der Waals surface area contributed by atoms with E-state index in [4.69, 9.17) is 0 Å². The van der Waals surface area contributed by atoms with Crippen molar-refractivity contribution in [1.29, 1.82) is 0 Å². The Balaban J connectivity index is 2.40. The maximum absolute atomic E-state index is 12.8. The highest BCUT2D eigenvalue weighted by Crippen LogP contribution is 2.28. The van der Waals surface area contributed by atoms with Gasteiger partial charge < -0.3 is 0 Å². The van der Waals surface area contributed by atoms with Crippen LogP contribution in [0.15, 0.2) is 24.3 Å². The van der Waals surface area contributed by atoms with Crippen LogP contribution in [0.2, 0.25) is 0 Å². The van der Waals surface area contributed by atoms with Gasteiger partial charge in [0.05, 0.1) is 13.1 Å². The molecule has 0 N–H and O–H groups in total. The molecule has 0 bridgehead atoms.